The second kappa shape index (κ2) is 11.5. The van der Waals surface area contributed by atoms with Gasteiger partial charge in [-0.05, 0) is 62.7 Å². The average molecular weight is 476 g/mol. The first-order valence-corrected chi connectivity index (χ1v) is 10.7. The Morgan fingerprint density at radius 3 is 2.69 bits per heavy atom. The molecule has 35 heavy (non-hydrogen) atoms. The van der Waals surface area contributed by atoms with Gasteiger partial charge in [-0.25, -0.2) is 4.79 Å². The Labute approximate surface area is 202 Å². The molecule has 3 aromatic rings. The minimum atomic E-state index is -1.03. The Bertz CT molecular complexity index is 1270. The number of aryl methyl sites for hydroxylation is 2. The first-order chi connectivity index (χ1) is 16.8. The Morgan fingerprint density at radius 2 is 2.00 bits per heavy atom. The van der Waals surface area contributed by atoms with Gasteiger partial charge in [0.05, 0.1) is 30.0 Å². The van der Waals surface area contributed by atoms with Gasteiger partial charge < -0.3 is 24.1 Å². The van der Waals surface area contributed by atoms with Crippen molar-refractivity contribution >= 4 is 23.6 Å². The summed E-state index contributed by atoms with van der Waals surface area (Å²) in [6.07, 6.45) is 1.73. The lowest BCUT2D eigenvalue weighted by molar-refractivity contribution is -0.148. The van der Waals surface area contributed by atoms with Gasteiger partial charge in [0, 0.05) is 11.8 Å². The lowest BCUT2D eigenvalue weighted by Gasteiger charge is -2.12. The molecule has 0 aliphatic carbocycles. The van der Waals surface area contributed by atoms with Crippen molar-refractivity contribution in [1.82, 2.24) is 5.16 Å². The van der Waals surface area contributed by atoms with Crippen LogP contribution in [0.15, 0.2) is 53.1 Å². The van der Waals surface area contributed by atoms with Crippen LogP contribution in [0.1, 0.15) is 35.1 Å². The Morgan fingerprint density at radius 1 is 1.20 bits per heavy atom. The van der Waals surface area contributed by atoms with Crippen molar-refractivity contribution in [2.75, 3.05) is 12.4 Å². The predicted molar refractivity (Wildman–Crippen MR) is 128 cm³/mol. The summed E-state index contributed by atoms with van der Waals surface area (Å²) in [6, 6.07) is 13.6. The number of amides is 1. The predicted octanol–water partition coefficient (Wildman–Crippen LogP) is 4.33. The molecule has 1 atom stereocenters. The Hall–Kier alpha value is -4.58. The number of nitriles is 1. The number of hydrogen-bond acceptors (Lipinski definition) is 8. The zero-order chi connectivity index (χ0) is 25.4. The molecular weight excluding hydrogens is 450 g/mol. The molecule has 0 aliphatic rings. The van der Waals surface area contributed by atoms with E-state index in [4.69, 9.17) is 24.0 Å². The molecule has 1 amide bonds. The number of carbonyl (C=O) groups excluding carboxylic acids is 2. The topological polar surface area (TPSA) is 124 Å². The van der Waals surface area contributed by atoms with Gasteiger partial charge in [0.2, 0.25) is 0 Å². The molecule has 1 unspecified atom stereocenters. The summed E-state index contributed by atoms with van der Waals surface area (Å²) < 4.78 is 21.6. The molecule has 0 saturated carbocycles. The highest BCUT2D eigenvalue weighted by Gasteiger charge is 2.17. The number of anilines is 1. The van der Waals surface area contributed by atoms with Crippen molar-refractivity contribution in [3.05, 3.63) is 76.7 Å². The van der Waals surface area contributed by atoms with Crippen LogP contribution in [0, 0.1) is 25.2 Å². The molecule has 1 heterocycles. The Kier molecular flexibility index (Phi) is 8.24. The standard InChI is InChI=1S/C26H25N3O6/c1-16-22(17(2)35-29-16)15-33-23-10-8-19(13-24(23)32-4)9-11-25(30)34-18(3)26(31)28-21-7-5-6-20(12-21)14-27/h5-13,18H,15H2,1-4H3,(H,28,31)/b11-9+. The van der Waals surface area contributed by atoms with Crippen LogP contribution in [0.25, 0.3) is 6.08 Å². The molecule has 0 radical (unpaired) electrons. The van der Waals surface area contributed by atoms with Crippen molar-refractivity contribution in [2.24, 2.45) is 0 Å². The highest BCUT2D eigenvalue weighted by Crippen LogP contribution is 2.30. The average Bonchev–Trinajstić information content (AvgIpc) is 3.18. The first kappa shape index (κ1) is 25.1. The van der Waals surface area contributed by atoms with E-state index in [1.54, 1.807) is 42.5 Å². The van der Waals surface area contributed by atoms with Crippen molar-refractivity contribution in [3.8, 4) is 17.6 Å². The molecule has 1 N–H and O–H groups in total. The third-order valence-electron chi connectivity index (χ3n) is 5.07. The van der Waals surface area contributed by atoms with Crippen molar-refractivity contribution in [3.63, 3.8) is 0 Å². The molecular formula is C26H25N3O6. The van der Waals surface area contributed by atoms with Gasteiger partial charge in [0.25, 0.3) is 5.91 Å². The van der Waals surface area contributed by atoms with Gasteiger partial charge in [0.1, 0.15) is 12.4 Å². The number of methoxy groups -OCH3 is 1. The van der Waals surface area contributed by atoms with Gasteiger partial charge in [0.15, 0.2) is 17.6 Å². The van der Waals surface area contributed by atoms with Gasteiger partial charge >= 0.3 is 5.97 Å². The van der Waals surface area contributed by atoms with E-state index >= 15 is 0 Å². The monoisotopic (exact) mass is 475 g/mol. The number of nitrogens with one attached hydrogen (secondary N) is 1. The van der Waals surface area contributed by atoms with E-state index in [1.807, 2.05) is 19.9 Å². The number of ether oxygens (including phenoxy) is 3. The third kappa shape index (κ3) is 6.71. The fourth-order valence-electron chi connectivity index (χ4n) is 3.11. The van der Waals surface area contributed by atoms with Crippen molar-refractivity contribution in [1.29, 1.82) is 5.26 Å². The number of carbonyl (C=O) groups is 2. The van der Waals surface area contributed by atoms with E-state index < -0.39 is 18.0 Å². The number of aromatic nitrogens is 1. The van der Waals surface area contributed by atoms with E-state index in [2.05, 4.69) is 10.5 Å². The molecule has 180 valence electrons. The van der Waals surface area contributed by atoms with Gasteiger partial charge in [-0.1, -0.05) is 17.3 Å². The minimum absolute atomic E-state index is 0.278. The summed E-state index contributed by atoms with van der Waals surface area (Å²) in [6.45, 7) is 5.40. The van der Waals surface area contributed by atoms with E-state index in [-0.39, 0.29) is 6.61 Å². The maximum atomic E-state index is 12.3. The number of esters is 1. The van der Waals surface area contributed by atoms with Crippen LogP contribution >= 0.6 is 0 Å². The first-order valence-electron chi connectivity index (χ1n) is 10.7. The highest BCUT2D eigenvalue weighted by molar-refractivity contribution is 5.96. The van der Waals surface area contributed by atoms with Gasteiger partial charge in [-0.3, -0.25) is 4.79 Å². The van der Waals surface area contributed by atoms with Crippen LogP contribution in [0.3, 0.4) is 0 Å². The molecule has 9 nitrogen and oxygen atoms in total. The zero-order valence-electron chi connectivity index (χ0n) is 19.8. The van der Waals surface area contributed by atoms with Gasteiger partial charge in [-0.2, -0.15) is 5.26 Å². The number of benzene rings is 2. The fourth-order valence-corrected chi connectivity index (χ4v) is 3.11. The summed E-state index contributed by atoms with van der Waals surface area (Å²) in [5.41, 5.74) is 3.16. The number of hydrogen-bond donors (Lipinski definition) is 1. The van der Waals surface area contributed by atoms with Crippen LogP contribution in [-0.2, 0) is 20.9 Å². The maximum absolute atomic E-state index is 12.3. The quantitative estimate of drug-likeness (QED) is 0.358. The third-order valence-corrected chi connectivity index (χ3v) is 5.07. The van der Waals surface area contributed by atoms with Crippen LogP contribution in [0.4, 0.5) is 5.69 Å². The normalized spacial score (nSPS) is 11.5. The summed E-state index contributed by atoms with van der Waals surface area (Å²) in [5.74, 6) is 0.509. The molecule has 0 saturated heterocycles. The largest absolute Gasteiger partial charge is 0.493 e. The van der Waals surface area contributed by atoms with Crippen molar-refractivity contribution < 1.29 is 28.3 Å². The lowest BCUT2D eigenvalue weighted by Crippen LogP contribution is -2.29. The van der Waals surface area contributed by atoms with Crippen LogP contribution in [-0.4, -0.2) is 30.2 Å². The van der Waals surface area contributed by atoms with Crippen LogP contribution < -0.4 is 14.8 Å². The fraction of sp³-hybridized carbons (Fsp3) is 0.231. The lowest BCUT2D eigenvalue weighted by atomic mass is 10.2. The van der Waals surface area contributed by atoms with E-state index in [9.17, 15) is 9.59 Å². The van der Waals surface area contributed by atoms with Crippen LogP contribution in [0.5, 0.6) is 11.5 Å². The summed E-state index contributed by atoms with van der Waals surface area (Å²) in [7, 11) is 1.52. The molecule has 2 aromatic carbocycles. The summed E-state index contributed by atoms with van der Waals surface area (Å²) in [4.78, 5) is 24.5. The SMILES string of the molecule is COc1cc(/C=C/C(=O)OC(C)C(=O)Nc2cccc(C#N)c2)ccc1OCc1c(C)noc1C. The van der Waals surface area contributed by atoms with E-state index in [0.29, 0.717) is 34.1 Å². The second-order valence-electron chi connectivity index (χ2n) is 7.60. The van der Waals surface area contributed by atoms with Crippen molar-refractivity contribution in [2.45, 2.75) is 33.5 Å². The van der Waals surface area contributed by atoms with E-state index in [1.165, 1.54) is 26.2 Å². The summed E-state index contributed by atoms with van der Waals surface area (Å²) >= 11 is 0. The number of rotatable bonds is 9. The van der Waals surface area contributed by atoms with E-state index in [0.717, 1.165) is 11.3 Å². The molecule has 1 aromatic heterocycles. The Balaban J connectivity index is 1.57. The van der Waals surface area contributed by atoms with Crippen LogP contribution in [0.2, 0.25) is 0 Å². The molecule has 3 rings (SSSR count). The molecule has 0 bridgehead atoms. The molecule has 0 fully saturated rings. The molecule has 0 aliphatic heterocycles. The second-order valence-corrected chi connectivity index (χ2v) is 7.60. The smallest absolute Gasteiger partial charge is 0.331 e. The minimum Gasteiger partial charge on any atom is -0.493 e. The number of nitrogens with zero attached hydrogens (tertiary/aromatic N) is 2. The summed E-state index contributed by atoms with van der Waals surface area (Å²) in [5, 5.41) is 15.5. The molecule has 0 spiro atoms. The molecule has 9 heteroatoms. The van der Waals surface area contributed by atoms with Gasteiger partial charge in [-0.15, -0.1) is 0 Å². The highest BCUT2D eigenvalue weighted by atomic mass is 16.5. The maximum Gasteiger partial charge on any atom is 0.331 e. The zero-order valence-corrected chi connectivity index (χ0v) is 19.8.